The first-order valence-corrected chi connectivity index (χ1v) is 8.48. The molecular formula is C16H14F3N3O2S. The Bertz CT molecular complexity index is 903. The Morgan fingerprint density at radius 3 is 2.32 bits per heavy atom. The summed E-state index contributed by atoms with van der Waals surface area (Å²) in [5.41, 5.74) is 0.489. The van der Waals surface area contributed by atoms with Gasteiger partial charge in [-0.2, -0.15) is 22.7 Å². The zero-order valence-electron chi connectivity index (χ0n) is 13.3. The van der Waals surface area contributed by atoms with E-state index in [4.69, 9.17) is 5.26 Å². The Labute approximate surface area is 143 Å². The molecule has 0 amide bonds. The number of hydrogen-bond donors (Lipinski definition) is 0. The highest BCUT2D eigenvalue weighted by molar-refractivity contribution is 7.89. The van der Waals surface area contributed by atoms with Gasteiger partial charge in [0, 0.05) is 19.4 Å². The Morgan fingerprint density at radius 2 is 1.80 bits per heavy atom. The number of nitriles is 1. The van der Waals surface area contributed by atoms with E-state index in [0.717, 1.165) is 31.1 Å². The SMILES string of the molecule is Cc1ccc([C@@H](N(C)S(=O)(=O)c2cncc(C#N)c2)C(F)(F)F)cc1. The number of halogens is 3. The third-order valence-electron chi connectivity index (χ3n) is 3.59. The summed E-state index contributed by atoms with van der Waals surface area (Å²) < 4.78 is 66.2. The zero-order chi connectivity index (χ0) is 18.8. The largest absolute Gasteiger partial charge is 0.409 e. The summed E-state index contributed by atoms with van der Waals surface area (Å²) in [4.78, 5) is 3.12. The lowest BCUT2D eigenvalue weighted by Crippen LogP contribution is -2.39. The minimum absolute atomic E-state index is 0.0617. The van der Waals surface area contributed by atoms with Crippen molar-refractivity contribution in [3.63, 3.8) is 0 Å². The van der Waals surface area contributed by atoms with Gasteiger partial charge in [0.15, 0.2) is 0 Å². The molecule has 0 unspecified atom stereocenters. The van der Waals surface area contributed by atoms with Crippen LogP contribution >= 0.6 is 0 Å². The molecule has 0 spiro atoms. The highest BCUT2D eigenvalue weighted by Crippen LogP contribution is 2.39. The third-order valence-corrected chi connectivity index (χ3v) is 5.37. The summed E-state index contributed by atoms with van der Waals surface area (Å²) in [6.45, 7) is 1.71. The fourth-order valence-corrected chi connectivity index (χ4v) is 3.60. The number of aromatic nitrogens is 1. The van der Waals surface area contributed by atoms with Crippen LogP contribution in [-0.2, 0) is 10.0 Å². The molecule has 2 rings (SSSR count). The van der Waals surface area contributed by atoms with Gasteiger partial charge in [0.25, 0.3) is 0 Å². The van der Waals surface area contributed by atoms with Gasteiger partial charge in [0.05, 0.1) is 5.56 Å². The van der Waals surface area contributed by atoms with Gasteiger partial charge in [-0.05, 0) is 18.6 Å². The van der Waals surface area contributed by atoms with Crippen LogP contribution in [-0.4, -0.2) is 30.9 Å². The molecule has 0 aliphatic rings. The standard InChI is InChI=1S/C16H14F3N3O2S/c1-11-3-5-13(6-4-11)15(16(17,18)19)22(2)25(23,24)14-7-12(8-20)9-21-10-14/h3-7,9-10,15H,1-2H3/t15-/m1/s1. The van der Waals surface area contributed by atoms with E-state index in [9.17, 15) is 21.6 Å². The predicted octanol–water partition coefficient (Wildman–Crippen LogP) is 3.19. The monoisotopic (exact) mass is 369 g/mol. The number of benzene rings is 1. The van der Waals surface area contributed by atoms with E-state index >= 15 is 0 Å². The maximum Gasteiger partial charge on any atom is 0.409 e. The maximum atomic E-state index is 13.6. The van der Waals surface area contributed by atoms with E-state index in [2.05, 4.69) is 4.98 Å². The Hall–Kier alpha value is -2.44. The van der Waals surface area contributed by atoms with E-state index in [1.807, 2.05) is 0 Å². The molecule has 1 heterocycles. The van der Waals surface area contributed by atoms with Crippen molar-refractivity contribution in [3.05, 3.63) is 59.4 Å². The first-order valence-electron chi connectivity index (χ1n) is 7.04. The van der Waals surface area contributed by atoms with Gasteiger partial charge in [0.1, 0.15) is 17.0 Å². The van der Waals surface area contributed by atoms with Crippen LogP contribution in [0.3, 0.4) is 0 Å². The molecule has 0 aliphatic carbocycles. The summed E-state index contributed by atoms with van der Waals surface area (Å²) in [5.74, 6) is 0. The van der Waals surface area contributed by atoms with Crippen LogP contribution in [0.5, 0.6) is 0 Å². The van der Waals surface area contributed by atoms with Gasteiger partial charge < -0.3 is 0 Å². The molecule has 0 radical (unpaired) electrons. The average molecular weight is 369 g/mol. The quantitative estimate of drug-likeness (QED) is 0.830. The van der Waals surface area contributed by atoms with Crippen molar-refractivity contribution in [1.29, 1.82) is 5.26 Å². The number of pyridine rings is 1. The van der Waals surface area contributed by atoms with Gasteiger partial charge in [-0.15, -0.1) is 0 Å². The second-order valence-corrected chi connectivity index (χ2v) is 7.39. The topological polar surface area (TPSA) is 74.1 Å². The second-order valence-electron chi connectivity index (χ2n) is 5.40. The molecule has 5 nitrogen and oxygen atoms in total. The molecular weight excluding hydrogens is 355 g/mol. The summed E-state index contributed by atoms with van der Waals surface area (Å²) in [7, 11) is -3.66. The van der Waals surface area contributed by atoms with Gasteiger partial charge in [-0.3, -0.25) is 4.98 Å². The summed E-state index contributed by atoms with van der Waals surface area (Å²) >= 11 is 0. The molecule has 0 saturated carbocycles. The van der Waals surface area contributed by atoms with E-state index in [0.29, 0.717) is 0 Å². The first kappa shape index (κ1) is 18.9. The van der Waals surface area contributed by atoms with Crippen molar-refractivity contribution in [1.82, 2.24) is 9.29 Å². The maximum absolute atomic E-state index is 13.6. The average Bonchev–Trinajstić information content (AvgIpc) is 2.55. The van der Waals surface area contributed by atoms with E-state index in [1.165, 1.54) is 24.3 Å². The van der Waals surface area contributed by atoms with Crippen molar-refractivity contribution < 1.29 is 21.6 Å². The molecule has 0 aliphatic heterocycles. The number of hydrogen-bond acceptors (Lipinski definition) is 4. The number of aryl methyl sites for hydroxylation is 1. The summed E-state index contributed by atoms with van der Waals surface area (Å²) in [5, 5.41) is 8.83. The zero-order valence-corrected chi connectivity index (χ0v) is 14.1. The molecule has 2 aromatic rings. The lowest BCUT2D eigenvalue weighted by atomic mass is 10.1. The van der Waals surface area contributed by atoms with Gasteiger partial charge >= 0.3 is 6.18 Å². The highest BCUT2D eigenvalue weighted by Gasteiger charge is 2.47. The molecule has 132 valence electrons. The van der Waals surface area contributed by atoms with E-state index in [-0.39, 0.29) is 15.4 Å². The third kappa shape index (κ3) is 3.97. The van der Waals surface area contributed by atoms with Crippen LogP contribution < -0.4 is 0 Å². The highest BCUT2D eigenvalue weighted by atomic mass is 32.2. The number of rotatable bonds is 4. The Kier molecular flexibility index (Phi) is 5.15. The van der Waals surface area contributed by atoms with Crippen molar-refractivity contribution in [3.8, 4) is 6.07 Å². The molecule has 0 bridgehead atoms. The van der Waals surface area contributed by atoms with Crippen LogP contribution in [0.25, 0.3) is 0 Å². The second kappa shape index (κ2) is 6.82. The molecule has 9 heteroatoms. The van der Waals surface area contributed by atoms with Crippen LogP contribution in [0.2, 0.25) is 0 Å². The van der Waals surface area contributed by atoms with Crippen molar-refractivity contribution >= 4 is 10.0 Å². The van der Waals surface area contributed by atoms with Crippen LogP contribution in [0, 0.1) is 18.3 Å². The van der Waals surface area contributed by atoms with Crippen molar-refractivity contribution in [2.45, 2.75) is 24.0 Å². The first-order chi connectivity index (χ1) is 11.6. The summed E-state index contributed by atoms with van der Waals surface area (Å²) in [6.07, 6.45) is -2.78. The van der Waals surface area contributed by atoms with Crippen molar-refractivity contribution in [2.24, 2.45) is 0 Å². The normalized spacial score (nSPS) is 13.5. The van der Waals surface area contributed by atoms with Crippen LogP contribution in [0.15, 0.2) is 47.6 Å². The van der Waals surface area contributed by atoms with Crippen LogP contribution in [0.4, 0.5) is 13.2 Å². The smallest absolute Gasteiger partial charge is 0.262 e. The Balaban J connectivity index is 2.53. The molecule has 0 saturated heterocycles. The lowest BCUT2D eigenvalue weighted by molar-refractivity contribution is -0.171. The fraction of sp³-hybridized carbons (Fsp3) is 0.250. The molecule has 0 fully saturated rings. The molecule has 1 aromatic carbocycles. The molecule has 0 N–H and O–H groups in total. The van der Waals surface area contributed by atoms with Gasteiger partial charge in [-0.1, -0.05) is 29.8 Å². The fourth-order valence-electron chi connectivity index (χ4n) is 2.28. The number of nitrogens with zero attached hydrogens (tertiary/aromatic N) is 3. The van der Waals surface area contributed by atoms with Gasteiger partial charge in [-0.25, -0.2) is 8.42 Å². The minimum atomic E-state index is -4.82. The lowest BCUT2D eigenvalue weighted by Gasteiger charge is -2.29. The minimum Gasteiger partial charge on any atom is -0.262 e. The number of alkyl halides is 3. The number of sulfonamides is 1. The van der Waals surface area contributed by atoms with Gasteiger partial charge in [0.2, 0.25) is 10.0 Å². The predicted molar refractivity (Wildman–Crippen MR) is 83.9 cm³/mol. The Morgan fingerprint density at radius 1 is 1.20 bits per heavy atom. The summed E-state index contributed by atoms with van der Waals surface area (Å²) in [6, 6.07) is 5.77. The van der Waals surface area contributed by atoms with E-state index in [1.54, 1.807) is 13.0 Å². The van der Waals surface area contributed by atoms with Crippen molar-refractivity contribution in [2.75, 3.05) is 7.05 Å². The molecule has 1 aromatic heterocycles. The van der Waals surface area contributed by atoms with E-state index < -0.39 is 27.1 Å². The molecule has 1 atom stereocenters. The van der Waals surface area contributed by atoms with Crippen LogP contribution in [0.1, 0.15) is 22.7 Å². The molecule has 25 heavy (non-hydrogen) atoms.